The van der Waals surface area contributed by atoms with Crippen LogP contribution in [-0.4, -0.2) is 23.6 Å². The standard InChI is InChI=1S/C17H24N2O3/c1-17(2,3)22-16(21)19-14-11-7-10-13(18-15(14)20)12-8-5-4-6-9-12/h4-6,8-9,13-14H,7,10-11H2,1-3H3,(H,18,20)(H,19,21)/t13-,14-/m0/s1. The van der Waals surface area contributed by atoms with E-state index in [1.54, 1.807) is 20.8 Å². The van der Waals surface area contributed by atoms with E-state index in [2.05, 4.69) is 10.6 Å². The fourth-order valence-electron chi connectivity index (χ4n) is 2.52. The second kappa shape index (κ2) is 6.81. The number of benzene rings is 1. The van der Waals surface area contributed by atoms with E-state index in [0.717, 1.165) is 18.4 Å². The van der Waals surface area contributed by atoms with Crippen molar-refractivity contribution >= 4 is 12.0 Å². The van der Waals surface area contributed by atoms with Crippen LogP contribution in [0.4, 0.5) is 4.79 Å². The zero-order valence-corrected chi connectivity index (χ0v) is 13.4. The lowest BCUT2D eigenvalue weighted by atomic mass is 10.0. The molecule has 0 unspecified atom stereocenters. The van der Waals surface area contributed by atoms with Crippen molar-refractivity contribution in [2.24, 2.45) is 0 Å². The molecule has 1 heterocycles. The van der Waals surface area contributed by atoms with Crippen LogP contribution in [0.25, 0.3) is 0 Å². The second-order valence-electron chi connectivity index (χ2n) is 6.60. The topological polar surface area (TPSA) is 67.4 Å². The van der Waals surface area contributed by atoms with Gasteiger partial charge < -0.3 is 15.4 Å². The van der Waals surface area contributed by atoms with Gasteiger partial charge in [0.2, 0.25) is 5.91 Å². The Morgan fingerprint density at radius 2 is 1.91 bits per heavy atom. The maximum Gasteiger partial charge on any atom is 0.408 e. The predicted molar refractivity (Wildman–Crippen MR) is 84.3 cm³/mol. The first kappa shape index (κ1) is 16.3. The molecule has 0 aliphatic carbocycles. The third-order valence-electron chi connectivity index (χ3n) is 3.51. The summed E-state index contributed by atoms with van der Waals surface area (Å²) in [5.41, 5.74) is 0.520. The molecule has 1 aliphatic rings. The molecule has 1 fully saturated rings. The largest absolute Gasteiger partial charge is 0.444 e. The van der Waals surface area contributed by atoms with E-state index in [-0.39, 0.29) is 11.9 Å². The van der Waals surface area contributed by atoms with Crippen LogP contribution >= 0.6 is 0 Å². The molecular formula is C17H24N2O3. The molecule has 1 aromatic carbocycles. The smallest absolute Gasteiger partial charge is 0.408 e. The fraction of sp³-hybridized carbons (Fsp3) is 0.529. The zero-order chi connectivity index (χ0) is 16.2. The highest BCUT2D eigenvalue weighted by Crippen LogP contribution is 2.23. The van der Waals surface area contributed by atoms with Crippen LogP contribution < -0.4 is 10.6 Å². The van der Waals surface area contributed by atoms with E-state index in [9.17, 15) is 9.59 Å². The molecule has 5 heteroatoms. The summed E-state index contributed by atoms with van der Waals surface area (Å²) in [7, 11) is 0. The minimum Gasteiger partial charge on any atom is -0.444 e. The Morgan fingerprint density at radius 1 is 1.23 bits per heavy atom. The Morgan fingerprint density at radius 3 is 2.55 bits per heavy atom. The molecule has 22 heavy (non-hydrogen) atoms. The van der Waals surface area contributed by atoms with E-state index >= 15 is 0 Å². The molecule has 2 amide bonds. The summed E-state index contributed by atoms with van der Waals surface area (Å²) in [6.45, 7) is 5.39. The van der Waals surface area contributed by atoms with E-state index in [0.29, 0.717) is 6.42 Å². The Kier molecular flexibility index (Phi) is 5.06. The van der Waals surface area contributed by atoms with Crippen LogP contribution in [0.1, 0.15) is 51.6 Å². The third kappa shape index (κ3) is 4.76. The van der Waals surface area contributed by atoms with Crippen molar-refractivity contribution in [2.75, 3.05) is 0 Å². The van der Waals surface area contributed by atoms with Gasteiger partial charge in [-0.05, 0) is 45.6 Å². The molecule has 1 aromatic rings. The number of carbonyl (C=O) groups is 2. The first-order valence-corrected chi connectivity index (χ1v) is 7.70. The molecule has 120 valence electrons. The molecule has 1 aliphatic heterocycles. The van der Waals surface area contributed by atoms with Gasteiger partial charge in [-0.2, -0.15) is 0 Å². The third-order valence-corrected chi connectivity index (χ3v) is 3.51. The van der Waals surface area contributed by atoms with E-state index in [1.807, 2.05) is 30.3 Å². The molecule has 0 bridgehead atoms. The SMILES string of the molecule is CC(C)(C)OC(=O)N[C@H]1CCC[C@@H](c2ccccc2)NC1=O. The van der Waals surface area contributed by atoms with E-state index in [4.69, 9.17) is 4.74 Å². The zero-order valence-electron chi connectivity index (χ0n) is 13.4. The van der Waals surface area contributed by atoms with Gasteiger partial charge in [0.1, 0.15) is 11.6 Å². The molecule has 1 saturated heterocycles. The normalized spacial score (nSPS) is 22.4. The van der Waals surface area contributed by atoms with Gasteiger partial charge in [-0.15, -0.1) is 0 Å². The van der Waals surface area contributed by atoms with Gasteiger partial charge in [-0.25, -0.2) is 4.79 Å². The number of rotatable bonds is 2. The highest BCUT2D eigenvalue weighted by molar-refractivity contribution is 5.86. The van der Waals surface area contributed by atoms with Gasteiger partial charge in [0.05, 0.1) is 6.04 Å². The Balaban J connectivity index is 1.96. The molecule has 2 rings (SSSR count). The number of ether oxygens (including phenoxy) is 1. The number of nitrogens with one attached hydrogen (secondary N) is 2. The van der Waals surface area contributed by atoms with Crippen molar-refractivity contribution in [3.63, 3.8) is 0 Å². The molecule has 0 saturated carbocycles. The molecule has 5 nitrogen and oxygen atoms in total. The summed E-state index contributed by atoms with van der Waals surface area (Å²) in [5, 5.41) is 5.67. The van der Waals surface area contributed by atoms with Crippen molar-refractivity contribution in [3.05, 3.63) is 35.9 Å². The van der Waals surface area contributed by atoms with Crippen LogP contribution in [0.5, 0.6) is 0 Å². The molecule has 0 aromatic heterocycles. The van der Waals surface area contributed by atoms with E-state index in [1.165, 1.54) is 0 Å². The second-order valence-corrected chi connectivity index (χ2v) is 6.60. The summed E-state index contributed by atoms with van der Waals surface area (Å²) >= 11 is 0. The number of carbonyl (C=O) groups excluding carboxylic acids is 2. The first-order valence-electron chi connectivity index (χ1n) is 7.70. The Hall–Kier alpha value is -2.04. The van der Waals surface area contributed by atoms with Gasteiger partial charge in [0, 0.05) is 0 Å². The van der Waals surface area contributed by atoms with Gasteiger partial charge in [-0.1, -0.05) is 30.3 Å². The highest BCUT2D eigenvalue weighted by Gasteiger charge is 2.28. The maximum absolute atomic E-state index is 12.3. The summed E-state index contributed by atoms with van der Waals surface area (Å²) in [5.74, 6) is -0.155. The monoisotopic (exact) mass is 304 g/mol. The average Bonchev–Trinajstić information content (AvgIpc) is 2.60. The van der Waals surface area contributed by atoms with Crippen LogP contribution in [0.2, 0.25) is 0 Å². The number of alkyl carbamates (subject to hydrolysis) is 1. The minimum atomic E-state index is -0.572. The van der Waals surface area contributed by atoms with Crippen molar-refractivity contribution in [3.8, 4) is 0 Å². The molecular weight excluding hydrogens is 280 g/mol. The van der Waals surface area contributed by atoms with Crippen LogP contribution in [0, 0.1) is 0 Å². The summed E-state index contributed by atoms with van der Waals surface area (Å²) < 4.78 is 5.21. The fourth-order valence-corrected chi connectivity index (χ4v) is 2.52. The molecule has 0 spiro atoms. The van der Waals surface area contributed by atoms with Crippen LogP contribution in [-0.2, 0) is 9.53 Å². The summed E-state index contributed by atoms with van der Waals surface area (Å²) in [6, 6.07) is 9.35. The summed E-state index contributed by atoms with van der Waals surface area (Å²) in [6.07, 6.45) is 1.79. The van der Waals surface area contributed by atoms with E-state index < -0.39 is 17.7 Å². The van der Waals surface area contributed by atoms with Crippen LogP contribution in [0.15, 0.2) is 30.3 Å². The lowest BCUT2D eigenvalue weighted by Gasteiger charge is -2.22. The summed E-state index contributed by atoms with van der Waals surface area (Å²) in [4.78, 5) is 24.1. The first-order chi connectivity index (χ1) is 10.3. The molecule has 2 atom stereocenters. The van der Waals surface area contributed by atoms with Gasteiger partial charge in [-0.3, -0.25) is 4.79 Å². The Bertz CT molecular complexity index is 522. The van der Waals surface area contributed by atoms with Gasteiger partial charge >= 0.3 is 6.09 Å². The number of hydrogen-bond acceptors (Lipinski definition) is 3. The lowest BCUT2D eigenvalue weighted by Crippen LogP contribution is -2.47. The van der Waals surface area contributed by atoms with Gasteiger partial charge in [0.25, 0.3) is 0 Å². The maximum atomic E-state index is 12.3. The van der Waals surface area contributed by atoms with Crippen molar-refractivity contribution in [1.29, 1.82) is 0 Å². The molecule has 0 radical (unpaired) electrons. The van der Waals surface area contributed by atoms with Crippen LogP contribution in [0.3, 0.4) is 0 Å². The Labute approximate surface area is 131 Å². The predicted octanol–water partition coefficient (Wildman–Crippen LogP) is 2.92. The highest BCUT2D eigenvalue weighted by atomic mass is 16.6. The number of amides is 2. The van der Waals surface area contributed by atoms with Crippen molar-refractivity contribution in [1.82, 2.24) is 10.6 Å². The quantitative estimate of drug-likeness (QED) is 0.883. The van der Waals surface area contributed by atoms with Crippen molar-refractivity contribution < 1.29 is 14.3 Å². The average molecular weight is 304 g/mol. The minimum absolute atomic E-state index is 0.000800. The molecule has 2 N–H and O–H groups in total. The van der Waals surface area contributed by atoms with Crippen molar-refractivity contribution in [2.45, 2.75) is 57.7 Å². The van der Waals surface area contributed by atoms with Gasteiger partial charge in [0.15, 0.2) is 0 Å². The number of hydrogen-bond donors (Lipinski definition) is 2. The lowest BCUT2D eigenvalue weighted by molar-refractivity contribution is -0.123.